The number of carbonyl (C=O) groups is 1. The summed E-state index contributed by atoms with van der Waals surface area (Å²) in [5, 5.41) is 0. The van der Waals surface area contributed by atoms with Gasteiger partial charge in [0.1, 0.15) is 0 Å². The Hall–Kier alpha value is -0.680. The Morgan fingerprint density at radius 3 is 1.68 bits per heavy atom. The Kier molecular flexibility index (Phi) is 9.64. The van der Waals surface area contributed by atoms with Gasteiger partial charge in [-0.25, -0.2) is 0 Å². The van der Waals surface area contributed by atoms with Gasteiger partial charge >= 0.3 is 0 Å². The molecular formula is C20H34OP. The largest absolute Gasteiger partial charge is 0.294 e. The Morgan fingerprint density at radius 2 is 1.27 bits per heavy atom. The summed E-state index contributed by atoms with van der Waals surface area (Å²) in [6, 6.07) is 9.92. The first-order chi connectivity index (χ1) is 10.7. The van der Waals surface area contributed by atoms with E-state index in [1.165, 1.54) is 57.0 Å². The van der Waals surface area contributed by atoms with Crippen molar-refractivity contribution in [1.82, 2.24) is 0 Å². The van der Waals surface area contributed by atoms with Crippen molar-refractivity contribution in [3.8, 4) is 0 Å². The lowest BCUT2D eigenvalue weighted by Crippen LogP contribution is -2.18. The van der Waals surface area contributed by atoms with Crippen LogP contribution in [0.2, 0.25) is 0 Å². The minimum absolute atomic E-state index is 0.386. The molecule has 0 saturated carbocycles. The number of benzene rings is 1. The molecule has 1 radical (unpaired) electrons. The van der Waals surface area contributed by atoms with Crippen LogP contribution in [-0.2, 0) is 0 Å². The second-order valence-corrected chi connectivity index (χ2v) is 10.9. The number of hydrogen-bond acceptors (Lipinski definition) is 1. The van der Waals surface area contributed by atoms with Crippen molar-refractivity contribution in [3.05, 3.63) is 35.9 Å². The summed E-state index contributed by atoms with van der Waals surface area (Å²) in [5.41, 5.74) is 0.913. The van der Waals surface area contributed by atoms with E-state index in [-0.39, 0.29) is 0 Å². The highest BCUT2D eigenvalue weighted by atomic mass is 31.2. The lowest BCUT2D eigenvalue weighted by molar-refractivity contribution is 0.102. The van der Waals surface area contributed by atoms with Crippen LogP contribution >= 0.6 is 7.26 Å². The fraction of sp³-hybridized carbons (Fsp3) is 0.650. The van der Waals surface area contributed by atoms with Crippen molar-refractivity contribution in [2.24, 2.45) is 0 Å². The molecule has 0 unspecified atom stereocenters. The minimum Gasteiger partial charge on any atom is -0.294 e. The van der Waals surface area contributed by atoms with E-state index < -0.39 is 7.26 Å². The molecular weight excluding hydrogens is 287 g/mol. The van der Waals surface area contributed by atoms with Crippen LogP contribution in [0.1, 0.15) is 69.7 Å². The first kappa shape index (κ1) is 19.4. The van der Waals surface area contributed by atoms with Gasteiger partial charge in [-0.3, -0.25) is 4.79 Å². The molecule has 0 saturated heterocycles. The lowest BCUT2D eigenvalue weighted by atomic mass is 10.2. The first-order valence-corrected chi connectivity index (χ1v) is 11.6. The van der Waals surface area contributed by atoms with E-state index in [0.717, 1.165) is 11.7 Å². The fourth-order valence-electron chi connectivity index (χ4n) is 3.07. The third kappa shape index (κ3) is 6.61. The van der Waals surface area contributed by atoms with Gasteiger partial charge in [-0.15, -0.1) is 7.26 Å². The summed E-state index contributed by atoms with van der Waals surface area (Å²) in [4.78, 5) is 12.8. The number of Topliss-reactive ketones (excluding diaryl/α,β-unsaturated/α-hetero) is 1. The van der Waals surface area contributed by atoms with E-state index in [9.17, 15) is 4.79 Å². The zero-order chi connectivity index (χ0) is 16.3. The Balaban J connectivity index is 2.86. The van der Waals surface area contributed by atoms with Crippen LogP contribution in [0.5, 0.6) is 0 Å². The minimum atomic E-state index is -1.12. The molecule has 0 atom stereocenters. The summed E-state index contributed by atoms with van der Waals surface area (Å²) in [6.07, 6.45) is 12.4. The Bertz CT molecular complexity index is 391. The summed E-state index contributed by atoms with van der Waals surface area (Å²) in [7, 11) is -1.12. The van der Waals surface area contributed by atoms with E-state index in [1.807, 2.05) is 30.3 Å². The lowest BCUT2D eigenvalue weighted by Gasteiger charge is -2.36. The van der Waals surface area contributed by atoms with Crippen molar-refractivity contribution in [2.45, 2.75) is 59.3 Å². The van der Waals surface area contributed by atoms with Crippen LogP contribution in [0.4, 0.5) is 0 Å². The van der Waals surface area contributed by atoms with Crippen molar-refractivity contribution < 1.29 is 4.79 Å². The van der Waals surface area contributed by atoms with Gasteiger partial charge in [0.05, 0.1) is 0 Å². The van der Waals surface area contributed by atoms with Crippen molar-refractivity contribution in [2.75, 3.05) is 24.6 Å². The molecule has 1 rings (SSSR count). The third-order valence-electron chi connectivity index (χ3n) is 4.53. The smallest absolute Gasteiger partial charge is 0.166 e. The molecule has 22 heavy (non-hydrogen) atoms. The zero-order valence-corrected chi connectivity index (χ0v) is 15.7. The maximum atomic E-state index is 12.8. The Labute approximate surface area is 138 Å². The topological polar surface area (TPSA) is 17.1 Å². The van der Waals surface area contributed by atoms with Crippen LogP contribution in [0.3, 0.4) is 0 Å². The van der Waals surface area contributed by atoms with Crippen molar-refractivity contribution in [3.63, 3.8) is 0 Å². The zero-order valence-electron chi connectivity index (χ0n) is 14.8. The quantitative estimate of drug-likeness (QED) is 0.327. The number of carbonyl (C=O) groups excluding carboxylic acids is 1. The average molecular weight is 321 g/mol. The molecule has 125 valence electrons. The summed E-state index contributed by atoms with van der Waals surface area (Å²) >= 11 is 0. The fourth-order valence-corrected chi connectivity index (χ4v) is 7.97. The van der Waals surface area contributed by atoms with E-state index in [1.54, 1.807) is 0 Å². The SMILES string of the molecule is CCCC[P](CCCC)(CCCC)CC(=O)c1ccccc1. The van der Waals surface area contributed by atoms with Crippen LogP contribution in [0.15, 0.2) is 30.3 Å². The molecule has 0 aromatic heterocycles. The van der Waals surface area contributed by atoms with Crippen LogP contribution in [0.25, 0.3) is 0 Å². The Morgan fingerprint density at radius 1 is 0.818 bits per heavy atom. The molecule has 0 amide bonds. The van der Waals surface area contributed by atoms with E-state index in [4.69, 9.17) is 0 Å². The highest BCUT2D eigenvalue weighted by molar-refractivity contribution is 7.76. The van der Waals surface area contributed by atoms with E-state index in [0.29, 0.717) is 5.78 Å². The molecule has 0 aliphatic carbocycles. The normalized spacial score (nSPS) is 11.6. The predicted octanol–water partition coefficient (Wildman–Crippen LogP) is 6.29. The van der Waals surface area contributed by atoms with Crippen LogP contribution < -0.4 is 0 Å². The third-order valence-corrected chi connectivity index (χ3v) is 9.29. The predicted molar refractivity (Wildman–Crippen MR) is 102 cm³/mol. The molecule has 0 bridgehead atoms. The number of ketones is 1. The molecule has 1 aromatic carbocycles. The highest BCUT2D eigenvalue weighted by Gasteiger charge is 2.28. The van der Waals surface area contributed by atoms with Crippen LogP contribution in [-0.4, -0.2) is 30.4 Å². The molecule has 0 aliphatic rings. The molecule has 0 aliphatic heterocycles. The monoisotopic (exact) mass is 321 g/mol. The van der Waals surface area contributed by atoms with Gasteiger partial charge < -0.3 is 0 Å². The molecule has 0 heterocycles. The van der Waals surface area contributed by atoms with Gasteiger partial charge in [0.15, 0.2) is 5.78 Å². The molecule has 0 fully saturated rings. The van der Waals surface area contributed by atoms with Gasteiger partial charge in [0, 0.05) is 11.7 Å². The molecule has 1 aromatic rings. The maximum Gasteiger partial charge on any atom is 0.166 e. The van der Waals surface area contributed by atoms with E-state index in [2.05, 4.69) is 20.8 Å². The number of unbranched alkanes of at least 4 members (excludes halogenated alkanes) is 3. The highest BCUT2D eigenvalue weighted by Crippen LogP contribution is 2.60. The number of rotatable bonds is 12. The van der Waals surface area contributed by atoms with Gasteiger partial charge in [-0.05, 0) is 37.7 Å². The second kappa shape index (κ2) is 10.9. The standard InChI is InChI=1S/C20H34OP/c1-4-7-15-22(16-8-5-2,17-9-6-3)18-20(21)19-13-11-10-12-14-19/h10-14H,4-9,15-18H2,1-3H3. The summed E-state index contributed by atoms with van der Waals surface area (Å²) in [6.45, 7) is 6.81. The first-order valence-electron chi connectivity index (χ1n) is 9.10. The molecule has 0 spiro atoms. The van der Waals surface area contributed by atoms with Crippen molar-refractivity contribution >= 4 is 13.0 Å². The van der Waals surface area contributed by atoms with Gasteiger partial charge in [-0.2, -0.15) is 0 Å². The average Bonchev–Trinajstić information content (AvgIpc) is 2.56. The second-order valence-electron chi connectivity index (χ2n) is 6.52. The van der Waals surface area contributed by atoms with Gasteiger partial charge in [-0.1, -0.05) is 70.4 Å². The van der Waals surface area contributed by atoms with Crippen molar-refractivity contribution in [1.29, 1.82) is 0 Å². The van der Waals surface area contributed by atoms with Gasteiger partial charge in [0.2, 0.25) is 0 Å². The molecule has 1 nitrogen and oxygen atoms in total. The number of hydrogen-bond donors (Lipinski definition) is 0. The summed E-state index contributed by atoms with van der Waals surface area (Å²) < 4.78 is 0. The molecule has 0 N–H and O–H groups in total. The van der Waals surface area contributed by atoms with Gasteiger partial charge in [0.25, 0.3) is 0 Å². The van der Waals surface area contributed by atoms with Crippen LogP contribution in [0, 0.1) is 0 Å². The van der Waals surface area contributed by atoms with E-state index >= 15 is 0 Å². The maximum absolute atomic E-state index is 12.8. The molecule has 2 heteroatoms. The summed E-state index contributed by atoms with van der Waals surface area (Å²) in [5.74, 6) is 0.386.